The third-order valence-electron chi connectivity index (χ3n) is 5.54. The number of hydrogen-bond donors (Lipinski definition) is 0. The molecule has 0 fully saturated rings. The molecular formula is C28H24N2O4S. The highest BCUT2D eigenvalue weighted by Crippen LogP contribution is 2.28. The molecule has 5 rings (SSSR count). The molecular weight excluding hydrogens is 460 g/mol. The van der Waals surface area contributed by atoms with Crippen LogP contribution in [0.1, 0.15) is 11.1 Å². The number of methoxy groups -OCH3 is 1. The fraction of sp³-hybridized carbons (Fsp3) is 0.143. The Balaban J connectivity index is 1.22. The van der Waals surface area contributed by atoms with Gasteiger partial charge in [-0.1, -0.05) is 47.7 Å². The van der Waals surface area contributed by atoms with Crippen LogP contribution in [0.4, 0.5) is 0 Å². The van der Waals surface area contributed by atoms with Gasteiger partial charge in [0.1, 0.15) is 19.0 Å². The average Bonchev–Trinajstić information content (AvgIpc) is 3.39. The number of fused-ring (bicyclic) bond motifs is 3. The SMILES string of the molecule is C=CCc1ccc(OCCOc2ccc(/C=c3\sc4nc5ccccc5n4c3=O)cc2)c(OC)c1. The van der Waals surface area contributed by atoms with Gasteiger partial charge in [0.05, 0.1) is 22.7 Å². The highest BCUT2D eigenvalue weighted by molar-refractivity contribution is 7.15. The van der Waals surface area contributed by atoms with E-state index in [2.05, 4.69) is 11.6 Å². The molecule has 0 spiro atoms. The molecule has 2 heterocycles. The van der Waals surface area contributed by atoms with Gasteiger partial charge in [-0.2, -0.15) is 0 Å². The Morgan fingerprint density at radius 1 is 1.00 bits per heavy atom. The predicted octanol–water partition coefficient (Wildman–Crippen LogP) is 4.65. The highest BCUT2D eigenvalue weighted by Gasteiger charge is 2.10. The number of nitrogens with zero attached hydrogens (tertiary/aromatic N) is 2. The van der Waals surface area contributed by atoms with Crippen LogP contribution in [0, 0.1) is 0 Å². The number of ether oxygens (including phenoxy) is 3. The van der Waals surface area contributed by atoms with Gasteiger partial charge >= 0.3 is 0 Å². The Kier molecular flexibility index (Phi) is 6.50. The van der Waals surface area contributed by atoms with Crippen molar-refractivity contribution in [2.75, 3.05) is 20.3 Å². The van der Waals surface area contributed by atoms with E-state index in [4.69, 9.17) is 14.2 Å². The normalized spacial score (nSPS) is 11.7. The number of rotatable bonds is 9. The van der Waals surface area contributed by atoms with Crippen LogP contribution in [0.2, 0.25) is 0 Å². The first kappa shape index (κ1) is 22.7. The molecule has 0 unspecified atom stereocenters. The number of hydrogen-bond acceptors (Lipinski definition) is 6. The van der Waals surface area contributed by atoms with E-state index < -0.39 is 0 Å². The summed E-state index contributed by atoms with van der Waals surface area (Å²) in [6.45, 7) is 4.53. The second-order valence-corrected chi connectivity index (χ2v) is 8.89. The van der Waals surface area contributed by atoms with Crippen molar-refractivity contribution in [2.45, 2.75) is 6.42 Å². The fourth-order valence-corrected chi connectivity index (χ4v) is 4.85. The number of imidazole rings is 1. The van der Waals surface area contributed by atoms with Crippen LogP contribution in [-0.2, 0) is 6.42 Å². The van der Waals surface area contributed by atoms with Crippen LogP contribution in [0.15, 0.2) is 84.2 Å². The maximum atomic E-state index is 12.9. The zero-order valence-electron chi connectivity index (χ0n) is 19.3. The van der Waals surface area contributed by atoms with E-state index in [0.29, 0.717) is 34.2 Å². The molecule has 0 atom stereocenters. The number of thiazole rings is 1. The average molecular weight is 485 g/mol. The second kappa shape index (κ2) is 10.0. The highest BCUT2D eigenvalue weighted by atomic mass is 32.1. The van der Waals surface area contributed by atoms with E-state index in [1.54, 1.807) is 11.5 Å². The first-order chi connectivity index (χ1) is 17.2. The van der Waals surface area contributed by atoms with Gasteiger partial charge in [0.25, 0.3) is 5.56 Å². The van der Waals surface area contributed by atoms with Gasteiger partial charge < -0.3 is 14.2 Å². The van der Waals surface area contributed by atoms with E-state index in [1.165, 1.54) is 11.3 Å². The van der Waals surface area contributed by atoms with E-state index in [-0.39, 0.29) is 5.56 Å². The summed E-state index contributed by atoms with van der Waals surface area (Å²) in [5, 5.41) is 0. The largest absolute Gasteiger partial charge is 0.493 e. The molecule has 0 N–H and O–H groups in total. The molecule has 35 heavy (non-hydrogen) atoms. The third kappa shape index (κ3) is 4.76. The van der Waals surface area contributed by atoms with Crippen LogP contribution in [0.3, 0.4) is 0 Å². The van der Waals surface area contributed by atoms with Crippen molar-refractivity contribution >= 4 is 33.4 Å². The fourth-order valence-electron chi connectivity index (χ4n) is 3.86. The molecule has 7 heteroatoms. The van der Waals surface area contributed by atoms with Crippen molar-refractivity contribution in [3.8, 4) is 17.2 Å². The quantitative estimate of drug-likeness (QED) is 0.225. The van der Waals surface area contributed by atoms with Gasteiger partial charge in [0.15, 0.2) is 16.5 Å². The second-order valence-electron chi connectivity index (χ2n) is 7.88. The maximum Gasteiger partial charge on any atom is 0.274 e. The first-order valence-electron chi connectivity index (χ1n) is 11.2. The van der Waals surface area contributed by atoms with Gasteiger partial charge in [-0.3, -0.25) is 4.79 Å². The molecule has 6 nitrogen and oxygen atoms in total. The van der Waals surface area contributed by atoms with E-state index in [1.807, 2.05) is 78.9 Å². The molecule has 3 aromatic carbocycles. The summed E-state index contributed by atoms with van der Waals surface area (Å²) in [4.78, 5) is 18.2. The predicted molar refractivity (Wildman–Crippen MR) is 140 cm³/mol. The van der Waals surface area contributed by atoms with Crippen molar-refractivity contribution in [2.24, 2.45) is 0 Å². The summed E-state index contributed by atoms with van der Waals surface area (Å²) >= 11 is 1.39. The van der Waals surface area contributed by atoms with Gasteiger partial charge in [0, 0.05) is 0 Å². The summed E-state index contributed by atoms with van der Waals surface area (Å²) in [5.74, 6) is 2.10. The zero-order valence-corrected chi connectivity index (χ0v) is 20.1. The number of aromatic nitrogens is 2. The van der Waals surface area contributed by atoms with E-state index >= 15 is 0 Å². The number of para-hydroxylation sites is 2. The lowest BCUT2D eigenvalue weighted by Gasteiger charge is -2.12. The third-order valence-corrected chi connectivity index (χ3v) is 6.51. The lowest BCUT2D eigenvalue weighted by atomic mass is 10.1. The van der Waals surface area contributed by atoms with Gasteiger partial charge in [-0.25, -0.2) is 9.38 Å². The van der Waals surface area contributed by atoms with Crippen molar-refractivity contribution < 1.29 is 14.2 Å². The van der Waals surface area contributed by atoms with Crippen LogP contribution < -0.4 is 24.3 Å². The molecule has 0 aliphatic heterocycles. The van der Waals surface area contributed by atoms with Gasteiger partial charge in [0.2, 0.25) is 0 Å². The summed E-state index contributed by atoms with van der Waals surface area (Å²) in [6, 6.07) is 21.1. The minimum atomic E-state index is -0.0517. The first-order valence-corrected chi connectivity index (χ1v) is 12.0. The summed E-state index contributed by atoms with van der Waals surface area (Å²) in [5.41, 5.74) is 3.65. The molecule has 0 saturated carbocycles. The lowest BCUT2D eigenvalue weighted by molar-refractivity contribution is 0.211. The molecule has 0 amide bonds. The maximum absolute atomic E-state index is 12.9. The molecule has 0 aliphatic carbocycles. The van der Waals surface area contributed by atoms with Crippen LogP contribution >= 0.6 is 11.3 Å². The standard InChI is InChI=1S/C28H24N2O4S/c1-3-6-19-11-14-24(25(17-19)32-2)34-16-15-33-21-12-9-20(10-13-21)18-26-27(31)30-23-8-5-4-7-22(23)29-28(30)35-26/h3-5,7-14,17-18H,1,6,15-16H2,2H3/b26-18-. The van der Waals surface area contributed by atoms with E-state index in [0.717, 1.165) is 34.3 Å². The summed E-state index contributed by atoms with van der Waals surface area (Å²) in [6.07, 6.45) is 4.51. The Morgan fingerprint density at radius 3 is 2.60 bits per heavy atom. The minimum absolute atomic E-state index is 0.0517. The van der Waals surface area contributed by atoms with Crippen molar-refractivity contribution in [3.05, 3.63) is 105 Å². The lowest BCUT2D eigenvalue weighted by Crippen LogP contribution is -2.22. The molecule has 5 aromatic rings. The Morgan fingerprint density at radius 2 is 1.80 bits per heavy atom. The Bertz CT molecular complexity index is 1600. The van der Waals surface area contributed by atoms with E-state index in [9.17, 15) is 4.79 Å². The molecule has 0 saturated heterocycles. The topological polar surface area (TPSA) is 62.1 Å². The Hall–Kier alpha value is -4.10. The monoisotopic (exact) mass is 484 g/mol. The molecule has 0 radical (unpaired) electrons. The van der Waals surface area contributed by atoms with Crippen LogP contribution in [0.25, 0.3) is 22.1 Å². The van der Waals surface area contributed by atoms with Crippen LogP contribution in [-0.4, -0.2) is 29.7 Å². The number of benzene rings is 3. The van der Waals surface area contributed by atoms with Crippen molar-refractivity contribution in [1.82, 2.24) is 9.38 Å². The zero-order chi connectivity index (χ0) is 24.2. The molecule has 0 aliphatic rings. The van der Waals surface area contributed by atoms with Crippen molar-refractivity contribution in [3.63, 3.8) is 0 Å². The van der Waals surface area contributed by atoms with Gasteiger partial charge in [-0.05, 0) is 60.0 Å². The minimum Gasteiger partial charge on any atom is -0.493 e. The summed E-state index contributed by atoms with van der Waals surface area (Å²) in [7, 11) is 1.63. The number of allylic oxidation sites excluding steroid dienone is 1. The van der Waals surface area contributed by atoms with Crippen molar-refractivity contribution in [1.29, 1.82) is 0 Å². The summed E-state index contributed by atoms with van der Waals surface area (Å²) < 4.78 is 19.4. The Labute approximate surface area is 206 Å². The molecule has 176 valence electrons. The smallest absolute Gasteiger partial charge is 0.274 e. The van der Waals surface area contributed by atoms with Gasteiger partial charge in [-0.15, -0.1) is 6.58 Å². The van der Waals surface area contributed by atoms with Crippen LogP contribution in [0.5, 0.6) is 17.2 Å². The molecule has 2 aromatic heterocycles. The molecule has 0 bridgehead atoms.